The number of ketones is 1. The summed E-state index contributed by atoms with van der Waals surface area (Å²) in [5.41, 5.74) is 0.133. The molecule has 92 valence electrons. The first-order chi connectivity index (χ1) is 8.09. The third-order valence-electron chi connectivity index (χ3n) is 2.90. The van der Waals surface area contributed by atoms with Gasteiger partial charge in [0.1, 0.15) is 5.82 Å². The van der Waals surface area contributed by atoms with Crippen molar-refractivity contribution >= 4 is 29.1 Å². The van der Waals surface area contributed by atoms with Crippen molar-refractivity contribution in [2.24, 2.45) is 0 Å². The Hall–Kier alpha value is -0.580. The van der Waals surface area contributed by atoms with Crippen LogP contribution in [-0.2, 0) is 0 Å². The zero-order valence-corrected chi connectivity index (χ0v) is 11.0. The SMILES string of the molecule is CN1CCSCC1C(=O)c1ccc(Cl)cc1F. The zero-order valence-electron chi connectivity index (χ0n) is 9.45. The van der Waals surface area contributed by atoms with E-state index in [1.54, 1.807) is 17.8 Å². The monoisotopic (exact) mass is 273 g/mol. The van der Waals surface area contributed by atoms with Gasteiger partial charge in [0, 0.05) is 23.1 Å². The highest BCUT2D eigenvalue weighted by molar-refractivity contribution is 7.99. The minimum Gasteiger partial charge on any atom is -0.295 e. The van der Waals surface area contributed by atoms with Crippen molar-refractivity contribution in [2.45, 2.75) is 6.04 Å². The second kappa shape index (κ2) is 5.38. The number of likely N-dealkylation sites (N-methyl/N-ethyl adjacent to an activating group) is 1. The number of halogens is 2. The molecule has 0 N–H and O–H groups in total. The summed E-state index contributed by atoms with van der Waals surface area (Å²) >= 11 is 7.40. The van der Waals surface area contributed by atoms with E-state index < -0.39 is 5.82 Å². The number of hydrogen-bond donors (Lipinski definition) is 0. The van der Waals surface area contributed by atoms with E-state index in [4.69, 9.17) is 11.6 Å². The third-order valence-corrected chi connectivity index (χ3v) is 4.15. The van der Waals surface area contributed by atoms with E-state index in [9.17, 15) is 9.18 Å². The molecule has 0 spiro atoms. The Morgan fingerprint density at radius 1 is 1.59 bits per heavy atom. The number of carbonyl (C=O) groups excluding carboxylic acids is 1. The van der Waals surface area contributed by atoms with Crippen LogP contribution >= 0.6 is 23.4 Å². The summed E-state index contributed by atoms with van der Waals surface area (Å²) < 4.78 is 13.7. The maximum Gasteiger partial charge on any atom is 0.183 e. The molecule has 1 fully saturated rings. The Labute approximate surface area is 109 Å². The van der Waals surface area contributed by atoms with Gasteiger partial charge < -0.3 is 0 Å². The molecule has 1 aliphatic rings. The highest BCUT2D eigenvalue weighted by Gasteiger charge is 2.28. The summed E-state index contributed by atoms with van der Waals surface area (Å²) in [7, 11) is 1.90. The molecule has 1 unspecified atom stereocenters. The predicted octanol–water partition coefficient (Wildman–Crippen LogP) is 2.71. The molecule has 0 bridgehead atoms. The fourth-order valence-electron chi connectivity index (χ4n) is 1.83. The largest absolute Gasteiger partial charge is 0.295 e. The number of hydrogen-bond acceptors (Lipinski definition) is 3. The van der Waals surface area contributed by atoms with Crippen LogP contribution in [0.2, 0.25) is 5.02 Å². The van der Waals surface area contributed by atoms with E-state index in [1.807, 2.05) is 11.9 Å². The Morgan fingerprint density at radius 2 is 2.35 bits per heavy atom. The molecule has 1 heterocycles. The Kier molecular flexibility index (Phi) is 4.07. The fourth-order valence-corrected chi connectivity index (χ4v) is 3.20. The van der Waals surface area contributed by atoms with Crippen LogP contribution in [0.3, 0.4) is 0 Å². The van der Waals surface area contributed by atoms with Crippen LogP contribution in [0.15, 0.2) is 18.2 Å². The second-order valence-electron chi connectivity index (χ2n) is 4.06. The number of Topliss-reactive ketones (excluding diaryl/α,β-unsaturated/α-hetero) is 1. The van der Waals surface area contributed by atoms with Gasteiger partial charge in [0.05, 0.1) is 11.6 Å². The molecular formula is C12H13ClFNOS. The Balaban J connectivity index is 2.24. The van der Waals surface area contributed by atoms with Crippen molar-refractivity contribution in [3.63, 3.8) is 0 Å². The fraction of sp³-hybridized carbons (Fsp3) is 0.417. The lowest BCUT2D eigenvalue weighted by atomic mass is 10.0. The molecule has 1 saturated heterocycles. The first kappa shape index (κ1) is 12.9. The summed E-state index contributed by atoms with van der Waals surface area (Å²) in [5.74, 6) is 1.04. The topological polar surface area (TPSA) is 20.3 Å². The van der Waals surface area contributed by atoms with E-state index in [-0.39, 0.29) is 17.4 Å². The van der Waals surface area contributed by atoms with Crippen LogP contribution in [0.4, 0.5) is 4.39 Å². The standard InChI is InChI=1S/C12H13ClFNOS/c1-15-4-5-17-7-11(15)12(16)9-3-2-8(13)6-10(9)14/h2-3,6,11H,4-5,7H2,1H3. The summed E-state index contributed by atoms with van der Waals surface area (Å²) in [6.07, 6.45) is 0. The van der Waals surface area contributed by atoms with E-state index in [0.717, 1.165) is 18.1 Å². The maximum atomic E-state index is 13.7. The molecule has 2 nitrogen and oxygen atoms in total. The van der Waals surface area contributed by atoms with Crippen molar-refractivity contribution in [3.8, 4) is 0 Å². The molecule has 0 aromatic heterocycles. The maximum absolute atomic E-state index is 13.7. The summed E-state index contributed by atoms with van der Waals surface area (Å²) in [4.78, 5) is 14.2. The van der Waals surface area contributed by atoms with Crippen LogP contribution < -0.4 is 0 Å². The van der Waals surface area contributed by atoms with Crippen molar-refractivity contribution in [1.82, 2.24) is 4.90 Å². The van der Waals surface area contributed by atoms with Gasteiger partial charge in [-0.2, -0.15) is 11.8 Å². The minimum atomic E-state index is -0.536. The highest BCUT2D eigenvalue weighted by Crippen LogP contribution is 2.21. The Bertz CT molecular complexity index is 441. The summed E-state index contributed by atoms with van der Waals surface area (Å²) in [6.45, 7) is 0.857. The lowest BCUT2D eigenvalue weighted by Crippen LogP contribution is -2.45. The number of benzene rings is 1. The number of rotatable bonds is 2. The van der Waals surface area contributed by atoms with E-state index in [1.165, 1.54) is 12.1 Å². The van der Waals surface area contributed by atoms with Crippen LogP contribution in [0.25, 0.3) is 0 Å². The summed E-state index contributed by atoms with van der Waals surface area (Å²) in [5, 5.41) is 0.311. The van der Waals surface area contributed by atoms with Gasteiger partial charge in [0.25, 0.3) is 0 Å². The van der Waals surface area contributed by atoms with Crippen LogP contribution in [0, 0.1) is 5.82 Å². The van der Waals surface area contributed by atoms with Gasteiger partial charge in [-0.05, 0) is 25.2 Å². The minimum absolute atomic E-state index is 0.133. The average molecular weight is 274 g/mol. The lowest BCUT2D eigenvalue weighted by molar-refractivity contribution is 0.0870. The van der Waals surface area contributed by atoms with Crippen LogP contribution in [0.5, 0.6) is 0 Å². The first-order valence-electron chi connectivity index (χ1n) is 5.37. The van der Waals surface area contributed by atoms with Crippen molar-refractivity contribution in [1.29, 1.82) is 0 Å². The van der Waals surface area contributed by atoms with Gasteiger partial charge in [-0.15, -0.1) is 0 Å². The number of nitrogens with zero attached hydrogens (tertiary/aromatic N) is 1. The van der Waals surface area contributed by atoms with Crippen LogP contribution in [-0.4, -0.2) is 41.8 Å². The molecule has 0 amide bonds. The molecule has 1 aliphatic heterocycles. The molecule has 0 radical (unpaired) electrons. The first-order valence-corrected chi connectivity index (χ1v) is 6.90. The molecule has 0 saturated carbocycles. The molecular weight excluding hydrogens is 261 g/mol. The van der Waals surface area contributed by atoms with Gasteiger partial charge in [-0.1, -0.05) is 11.6 Å². The van der Waals surface area contributed by atoms with Crippen molar-refractivity contribution in [3.05, 3.63) is 34.6 Å². The molecule has 1 atom stereocenters. The number of thioether (sulfide) groups is 1. The van der Waals surface area contributed by atoms with Gasteiger partial charge in [0.2, 0.25) is 0 Å². The molecule has 1 aromatic rings. The second-order valence-corrected chi connectivity index (χ2v) is 5.65. The highest BCUT2D eigenvalue weighted by atomic mass is 35.5. The average Bonchev–Trinajstić information content (AvgIpc) is 2.29. The quantitative estimate of drug-likeness (QED) is 0.773. The molecule has 2 rings (SSSR count). The van der Waals surface area contributed by atoms with Crippen molar-refractivity contribution in [2.75, 3.05) is 25.1 Å². The van der Waals surface area contributed by atoms with Gasteiger partial charge in [0.15, 0.2) is 5.78 Å². The molecule has 1 aromatic carbocycles. The predicted molar refractivity (Wildman–Crippen MR) is 69.5 cm³/mol. The third kappa shape index (κ3) is 2.81. The smallest absolute Gasteiger partial charge is 0.183 e. The molecule has 17 heavy (non-hydrogen) atoms. The summed E-state index contributed by atoms with van der Waals surface area (Å²) in [6, 6.07) is 3.97. The van der Waals surface area contributed by atoms with E-state index in [2.05, 4.69) is 0 Å². The van der Waals surface area contributed by atoms with Crippen molar-refractivity contribution < 1.29 is 9.18 Å². The number of carbonyl (C=O) groups is 1. The zero-order chi connectivity index (χ0) is 12.4. The normalized spacial score (nSPS) is 21.5. The Morgan fingerprint density at radius 3 is 3.00 bits per heavy atom. The molecule has 5 heteroatoms. The van der Waals surface area contributed by atoms with Gasteiger partial charge in [-0.3, -0.25) is 9.69 Å². The van der Waals surface area contributed by atoms with E-state index >= 15 is 0 Å². The van der Waals surface area contributed by atoms with Gasteiger partial charge in [-0.25, -0.2) is 4.39 Å². The molecule has 0 aliphatic carbocycles. The van der Waals surface area contributed by atoms with E-state index in [0.29, 0.717) is 5.02 Å². The lowest BCUT2D eigenvalue weighted by Gasteiger charge is -2.30. The van der Waals surface area contributed by atoms with Gasteiger partial charge >= 0.3 is 0 Å². The van der Waals surface area contributed by atoms with Crippen LogP contribution in [0.1, 0.15) is 10.4 Å².